The second-order valence-electron chi connectivity index (χ2n) is 9.06. The zero-order valence-corrected chi connectivity index (χ0v) is 20.3. The topological polar surface area (TPSA) is 113 Å². The van der Waals surface area contributed by atoms with Crippen LogP contribution in [0.2, 0.25) is 0 Å². The van der Waals surface area contributed by atoms with Crippen LogP contribution in [0.4, 0.5) is 19.1 Å². The largest absolute Gasteiger partial charge is 0.419 e. The van der Waals surface area contributed by atoms with Crippen LogP contribution in [0.15, 0.2) is 18.6 Å². The van der Waals surface area contributed by atoms with E-state index in [1.54, 1.807) is 7.05 Å². The zero-order chi connectivity index (χ0) is 25.4. The monoisotopic (exact) mass is 515 g/mol. The van der Waals surface area contributed by atoms with Gasteiger partial charge in [0, 0.05) is 62.6 Å². The second-order valence-corrected chi connectivity index (χ2v) is 10.9. The van der Waals surface area contributed by atoms with Gasteiger partial charge in [0.25, 0.3) is 10.2 Å². The Morgan fingerprint density at radius 3 is 2.43 bits per heavy atom. The Labute approximate surface area is 201 Å². The van der Waals surface area contributed by atoms with E-state index in [0.717, 1.165) is 12.5 Å². The molecule has 0 amide bonds. The Balaban J connectivity index is 1.43. The fraction of sp³-hybridized carbons (Fsp3) is 0.619. The molecule has 10 nitrogen and oxygen atoms in total. The first-order chi connectivity index (χ1) is 16.5. The van der Waals surface area contributed by atoms with Crippen molar-refractivity contribution in [3.05, 3.63) is 24.2 Å². The van der Waals surface area contributed by atoms with E-state index in [9.17, 15) is 26.4 Å². The standard InChI is InChI=1S/C21H28F3N7O3S/c1-14-9-15(13-32)3-8-31(14)35(33,34)30-6-4-17(5-7-30)27-20-25-11-18(21(22,23)24)19(28-20)16-10-26-29(2)12-16/h10-15,17H,3-9H2,1-2H3,(H,25,27,28). The summed E-state index contributed by atoms with van der Waals surface area (Å²) in [7, 11) is -2.07. The summed E-state index contributed by atoms with van der Waals surface area (Å²) in [5.41, 5.74) is -1.00. The lowest BCUT2D eigenvalue weighted by molar-refractivity contribution is -0.137. The average molecular weight is 516 g/mol. The number of carbonyl (C=O) groups is 1. The van der Waals surface area contributed by atoms with Gasteiger partial charge in [0.1, 0.15) is 11.8 Å². The molecule has 0 saturated carbocycles. The second kappa shape index (κ2) is 9.82. The maximum absolute atomic E-state index is 13.5. The molecule has 2 fully saturated rings. The van der Waals surface area contributed by atoms with E-state index in [4.69, 9.17) is 0 Å². The summed E-state index contributed by atoms with van der Waals surface area (Å²) < 4.78 is 71.1. The summed E-state index contributed by atoms with van der Waals surface area (Å²) in [6.45, 7) is 2.64. The van der Waals surface area contributed by atoms with Crippen molar-refractivity contribution in [3.8, 4) is 11.3 Å². The van der Waals surface area contributed by atoms with Gasteiger partial charge < -0.3 is 10.1 Å². The lowest BCUT2D eigenvalue weighted by Crippen LogP contribution is -2.53. The number of aromatic nitrogens is 4. The van der Waals surface area contributed by atoms with Gasteiger partial charge >= 0.3 is 6.18 Å². The van der Waals surface area contributed by atoms with Crippen LogP contribution in [0.25, 0.3) is 11.3 Å². The highest BCUT2D eigenvalue weighted by molar-refractivity contribution is 7.86. The molecule has 2 atom stereocenters. The predicted octanol–water partition coefficient (Wildman–Crippen LogP) is 2.32. The van der Waals surface area contributed by atoms with E-state index in [-0.39, 0.29) is 48.3 Å². The van der Waals surface area contributed by atoms with Crippen LogP contribution in [-0.4, -0.2) is 74.8 Å². The SMILES string of the molecule is CC1CC(C=O)CCN1S(=O)(=O)N1CCC(Nc2ncc(C(F)(F)F)c(-c3cnn(C)c3)n2)CC1. The molecular weight excluding hydrogens is 487 g/mol. The van der Waals surface area contributed by atoms with Crippen molar-refractivity contribution in [1.29, 1.82) is 0 Å². The quantitative estimate of drug-likeness (QED) is 0.588. The van der Waals surface area contributed by atoms with Crippen LogP contribution in [-0.2, 0) is 28.2 Å². The van der Waals surface area contributed by atoms with Gasteiger partial charge in [-0.2, -0.15) is 35.3 Å². The van der Waals surface area contributed by atoms with E-state index in [1.807, 2.05) is 6.92 Å². The van der Waals surface area contributed by atoms with Crippen molar-refractivity contribution in [3.63, 3.8) is 0 Å². The number of aldehydes is 1. The number of rotatable bonds is 6. The summed E-state index contributed by atoms with van der Waals surface area (Å²) in [5.74, 6) is -0.0746. The molecule has 0 radical (unpaired) electrons. The van der Waals surface area contributed by atoms with Crippen LogP contribution in [0, 0.1) is 5.92 Å². The number of carbonyl (C=O) groups excluding carboxylic acids is 1. The summed E-state index contributed by atoms with van der Waals surface area (Å²) in [6, 6.07) is -0.454. The third-order valence-corrected chi connectivity index (χ3v) is 8.68. The maximum Gasteiger partial charge on any atom is 0.419 e. The number of piperidine rings is 2. The number of hydrogen-bond donors (Lipinski definition) is 1. The fourth-order valence-corrected chi connectivity index (χ4v) is 6.48. The highest BCUT2D eigenvalue weighted by atomic mass is 32.2. The fourth-order valence-electron chi connectivity index (χ4n) is 4.64. The number of anilines is 1. The van der Waals surface area contributed by atoms with Crippen molar-refractivity contribution < 1.29 is 26.4 Å². The number of halogens is 3. The minimum Gasteiger partial charge on any atom is -0.351 e. The molecule has 4 rings (SSSR count). The average Bonchev–Trinajstić information content (AvgIpc) is 3.24. The number of hydrogen-bond acceptors (Lipinski definition) is 7. The third kappa shape index (κ3) is 5.48. The summed E-state index contributed by atoms with van der Waals surface area (Å²) in [5, 5.41) is 6.99. The van der Waals surface area contributed by atoms with Gasteiger partial charge in [-0.15, -0.1) is 0 Å². The molecule has 2 aliphatic heterocycles. The van der Waals surface area contributed by atoms with Crippen LogP contribution >= 0.6 is 0 Å². The molecule has 4 heterocycles. The molecule has 2 unspecified atom stereocenters. The number of aryl methyl sites for hydroxylation is 1. The van der Waals surface area contributed by atoms with Crippen molar-refractivity contribution in [1.82, 2.24) is 28.4 Å². The summed E-state index contributed by atoms with van der Waals surface area (Å²) in [4.78, 5) is 19.0. The van der Waals surface area contributed by atoms with Crippen LogP contribution in [0.5, 0.6) is 0 Å². The van der Waals surface area contributed by atoms with Gasteiger partial charge in [0.15, 0.2) is 0 Å². The number of alkyl halides is 3. The minimum atomic E-state index is -4.62. The molecule has 2 aromatic heterocycles. The normalized spacial score (nSPS) is 23.3. The van der Waals surface area contributed by atoms with Gasteiger partial charge in [-0.3, -0.25) is 4.68 Å². The molecule has 35 heavy (non-hydrogen) atoms. The molecule has 2 aliphatic rings. The number of nitrogens with zero attached hydrogens (tertiary/aromatic N) is 6. The first-order valence-corrected chi connectivity index (χ1v) is 12.8. The Morgan fingerprint density at radius 1 is 1.14 bits per heavy atom. The predicted molar refractivity (Wildman–Crippen MR) is 121 cm³/mol. The van der Waals surface area contributed by atoms with E-state index in [0.29, 0.717) is 32.2 Å². The Morgan fingerprint density at radius 2 is 1.86 bits per heavy atom. The van der Waals surface area contributed by atoms with Gasteiger partial charge in [-0.05, 0) is 32.6 Å². The van der Waals surface area contributed by atoms with Crippen LogP contribution < -0.4 is 5.32 Å². The van der Waals surface area contributed by atoms with Gasteiger partial charge in [-0.25, -0.2) is 9.97 Å². The zero-order valence-electron chi connectivity index (χ0n) is 19.4. The number of nitrogens with one attached hydrogen (secondary N) is 1. The smallest absolute Gasteiger partial charge is 0.351 e. The molecule has 2 aromatic rings. The molecule has 0 aromatic carbocycles. The van der Waals surface area contributed by atoms with E-state index >= 15 is 0 Å². The van der Waals surface area contributed by atoms with Crippen molar-refractivity contribution in [2.24, 2.45) is 13.0 Å². The van der Waals surface area contributed by atoms with Gasteiger partial charge in [0.2, 0.25) is 5.95 Å². The molecule has 14 heteroatoms. The molecule has 2 saturated heterocycles. The van der Waals surface area contributed by atoms with Gasteiger partial charge in [-0.1, -0.05) is 0 Å². The first kappa shape index (κ1) is 25.5. The van der Waals surface area contributed by atoms with Crippen molar-refractivity contribution in [2.75, 3.05) is 25.0 Å². The lowest BCUT2D eigenvalue weighted by Gasteiger charge is -2.40. The van der Waals surface area contributed by atoms with Crippen LogP contribution in [0.1, 0.15) is 38.2 Å². The van der Waals surface area contributed by atoms with Gasteiger partial charge in [0.05, 0.1) is 11.9 Å². The third-order valence-electron chi connectivity index (χ3n) is 6.53. The Hall–Kier alpha value is -2.58. The summed E-state index contributed by atoms with van der Waals surface area (Å²) in [6.07, 6.45) is 1.69. The minimum absolute atomic E-state index is 0.0442. The first-order valence-electron chi connectivity index (χ1n) is 11.4. The van der Waals surface area contributed by atoms with E-state index < -0.39 is 21.9 Å². The maximum atomic E-state index is 13.5. The van der Waals surface area contributed by atoms with Crippen molar-refractivity contribution in [2.45, 2.75) is 50.9 Å². The molecular formula is C21H28F3N7O3S. The molecule has 1 N–H and O–H groups in total. The van der Waals surface area contributed by atoms with E-state index in [2.05, 4.69) is 20.4 Å². The highest BCUT2D eigenvalue weighted by Crippen LogP contribution is 2.36. The van der Waals surface area contributed by atoms with Crippen LogP contribution in [0.3, 0.4) is 0 Å². The Bertz CT molecular complexity index is 1160. The summed E-state index contributed by atoms with van der Waals surface area (Å²) >= 11 is 0. The highest BCUT2D eigenvalue weighted by Gasteiger charge is 2.39. The molecule has 192 valence electrons. The molecule has 0 aliphatic carbocycles. The lowest BCUT2D eigenvalue weighted by atomic mass is 9.95. The molecule has 0 spiro atoms. The van der Waals surface area contributed by atoms with Crippen molar-refractivity contribution >= 4 is 22.4 Å². The van der Waals surface area contributed by atoms with E-state index in [1.165, 1.54) is 25.7 Å². The Kier molecular flexibility index (Phi) is 7.16. The molecule has 0 bridgehead atoms.